The lowest BCUT2D eigenvalue weighted by molar-refractivity contribution is 0.00900. The Hall–Kier alpha value is -0.870. The third-order valence-corrected chi connectivity index (χ3v) is 3.04. The van der Waals surface area contributed by atoms with Crippen molar-refractivity contribution in [2.24, 2.45) is 0 Å². The van der Waals surface area contributed by atoms with E-state index in [0.29, 0.717) is 5.92 Å². The van der Waals surface area contributed by atoms with E-state index in [4.69, 9.17) is 4.74 Å². The minimum absolute atomic E-state index is 0.542. The van der Waals surface area contributed by atoms with Crippen molar-refractivity contribution in [3.05, 3.63) is 28.5 Å². The smallest absolute Gasteiger partial charge is 0.137 e. The van der Waals surface area contributed by atoms with Crippen LogP contribution >= 0.6 is 15.9 Å². The monoisotopic (exact) mass is 252 g/mol. The van der Waals surface area contributed by atoms with E-state index in [0.717, 1.165) is 23.3 Å². The van der Waals surface area contributed by atoms with Gasteiger partial charge in [0.1, 0.15) is 5.65 Å². The second-order valence-electron chi connectivity index (χ2n) is 3.53. The number of H-pyrrole nitrogens is 1. The number of halogens is 1. The fourth-order valence-corrected chi connectivity index (χ4v) is 2.08. The SMILES string of the molecule is Brc1cnc2[nH]cc(C3COC3)c2c1. The Balaban J connectivity index is 2.18. The predicted molar refractivity (Wildman–Crippen MR) is 57.4 cm³/mol. The molecule has 1 N–H and O–H groups in total. The van der Waals surface area contributed by atoms with Gasteiger partial charge >= 0.3 is 0 Å². The number of nitrogens with one attached hydrogen (secondary N) is 1. The van der Waals surface area contributed by atoms with Gasteiger partial charge in [0.15, 0.2) is 0 Å². The summed E-state index contributed by atoms with van der Waals surface area (Å²) in [6.45, 7) is 1.67. The molecule has 2 aromatic heterocycles. The number of pyridine rings is 1. The van der Waals surface area contributed by atoms with E-state index in [2.05, 4.69) is 32.0 Å². The molecule has 0 aromatic carbocycles. The number of aromatic amines is 1. The zero-order chi connectivity index (χ0) is 9.54. The Morgan fingerprint density at radius 1 is 1.50 bits per heavy atom. The molecule has 3 rings (SSSR count). The van der Waals surface area contributed by atoms with Gasteiger partial charge < -0.3 is 9.72 Å². The summed E-state index contributed by atoms with van der Waals surface area (Å²) < 4.78 is 6.21. The minimum Gasteiger partial charge on any atom is -0.380 e. The van der Waals surface area contributed by atoms with Crippen molar-refractivity contribution >= 4 is 27.0 Å². The topological polar surface area (TPSA) is 37.9 Å². The molecule has 0 atom stereocenters. The van der Waals surface area contributed by atoms with Gasteiger partial charge in [-0.2, -0.15) is 0 Å². The fraction of sp³-hybridized carbons (Fsp3) is 0.300. The number of rotatable bonds is 1. The van der Waals surface area contributed by atoms with Crippen LogP contribution in [-0.4, -0.2) is 23.2 Å². The van der Waals surface area contributed by atoms with Crippen molar-refractivity contribution in [3.63, 3.8) is 0 Å². The summed E-state index contributed by atoms with van der Waals surface area (Å²) in [5, 5.41) is 1.20. The molecule has 3 heterocycles. The summed E-state index contributed by atoms with van der Waals surface area (Å²) in [5.41, 5.74) is 2.27. The van der Waals surface area contributed by atoms with Crippen LogP contribution in [0.1, 0.15) is 11.5 Å². The average Bonchev–Trinajstić information content (AvgIpc) is 2.46. The lowest BCUT2D eigenvalue weighted by Crippen LogP contribution is -2.24. The van der Waals surface area contributed by atoms with E-state index in [9.17, 15) is 0 Å². The summed E-state index contributed by atoms with van der Waals surface area (Å²) in [6, 6.07) is 2.10. The van der Waals surface area contributed by atoms with Crippen LogP contribution in [0.5, 0.6) is 0 Å². The molecule has 0 amide bonds. The Labute approximate surface area is 89.6 Å². The summed E-state index contributed by atoms with van der Waals surface area (Å²) in [6.07, 6.45) is 3.84. The maximum atomic E-state index is 5.19. The van der Waals surface area contributed by atoms with Crippen LogP contribution < -0.4 is 0 Å². The quantitative estimate of drug-likeness (QED) is 0.847. The molecule has 72 valence electrons. The first-order chi connectivity index (χ1) is 6.84. The van der Waals surface area contributed by atoms with Gasteiger partial charge in [0.05, 0.1) is 13.2 Å². The first-order valence-electron chi connectivity index (χ1n) is 4.55. The fourth-order valence-electron chi connectivity index (χ4n) is 1.75. The highest BCUT2D eigenvalue weighted by Crippen LogP contribution is 2.30. The van der Waals surface area contributed by atoms with E-state index in [-0.39, 0.29) is 0 Å². The number of aromatic nitrogens is 2. The van der Waals surface area contributed by atoms with Crippen LogP contribution in [0.25, 0.3) is 11.0 Å². The van der Waals surface area contributed by atoms with Crippen molar-refractivity contribution in [2.45, 2.75) is 5.92 Å². The van der Waals surface area contributed by atoms with Crippen LogP contribution in [0, 0.1) is 0 Å². The van der Waals surface area contributed by atoms with E-state index >= 15 is 0 Å². The highest BCUT2D eigenvalue weighted by atomic mass is 79.9. The highest BCUT2D eigenvalue weighted by molar-refractivity contribution is 9.10. The number of fused-ring (bicyclic) bond motifs is 1. The molecule has 1 aliphatic rings. The summed E-state index contributed by atoms with van der Waals surface area (Å²) in [5.74, 6) is 0.542. The molecule has 0 aliphatic carbocycles. The van der Waals surface area contributed by atoms with Gasteiger partial charge in [0, 0.05) is 28.2 Å². The molecule has 2 aromatic rings. The molecule has 1 aliphatic heterocycles. The normalized spacial score (nSPS) is 17.2. The standard InChI is InChI=1S/C10H9BrN2O/c11-7-1-8-9(6-4-14-5-6)3-13-10(8)12-2-7/h1-3,6H,4-5H2,(H,12,13). The number of hydrogen-bond donors (Lipinski definition) is 1. The maximum absolute atomic E-state index is 5.19. The molecule has 0 unspecified atom stereocenters. The molecule has 0 saturated carbocycles. The maximum Gasteiger partial charge on any atom is 0.137 e. The Kier molecular flexibility index (Phi) is 1.85. The van der Waals surface area contributed by atoms with Gasteiger partial charge in [0.25, 0.3) is 0 Å². The third-order valence-electron chi connectivity index (χ3n) is 2.61. The van der Waals surface area contributed by atoms with E-state index in [1.54, 1.807) is 6.20 Å². The molecular formula is C10H9BrN2O. The van der Waals surface area contributed by atoms with Gasteiger partial charge in [0.2, 0.25) is 0 Å². The van der Waals surface area contributed by atoms with Crippen LogP contribution in [-0.2, 0) is 4.74 Å². The zero-order valence-electron chi connectivity index (χ0n) is 7.46. The predicted octanol–water partition coefficient (Wildman–Crippen LogP) is 2.44. The third kappa shape index (κ3) is 1.18. The summed E-state index contributed by atoms with van der Waals surface area (Å²) in [4.78, 5) is 7.48. The molecule has 3 nitrogen and oxygen atoms in total. The van der Waals surface area contributed by atoms with Crippen LogP contribution in [0.3, 0.4) is 0 Å². The van der Waals surface area contributed by atoms with E-state index in [1.807, 2.05) is 6.20 Å². The van der Waals surface area contributed by atoms with E-state index in [1.165, 1.54) is 10.9 Å². The highest BCUT2D eigenvalue weighted by Gasteiger charge is 2.23. The molecule has 14 heavy (non-hydrogen) atoms. The Bertz CT molecular complexity index is 476. The van der Waals surface area contributed by atoms with Gasteiger partial charge in [-0.15, -0.1) is 0 Å². The van der Waals surface area contributed by atoms with Crippen molar-refractivity contribution in [2.75, 3.05) is 13.2 Å². The van der Waals surface area contributed by atoms with Gasteiger partial charge in [-0.3, -0.25) is 0 Å². The van der Waals surface area contributed by atoms with E-state index < -0.39 is 0 Å². The minimum atomic E-state index is 0.542. The van der Waals surface area contributed by atoms with Crippen LogP contribution in [0.2, 0.25) is 0 Å². The molecule has 0 bridgehead atoms. The van der Waals surface area contributed by atoms with Gasteiger partial charge in [-0.25, -0.2) is 4.98 Å². The molecule has 4 heteroatoms. The zero-order valence-corrected chi connectivity index (χ0v) is 9.04. The lowest BCUT2D eigenvalue weighted by Gasteiger charge is -2.25. The first kappa shape index (κ1) is 8.44. The molecule has 0 spiro atoms. The number of hydrogen-bond acceptors (Lipinski definition) is 2. The second-order valence-corrected chi connectivity index (χ2v) is 4.44. The molecular weight excluding hydrogens is 244 g/mol. The van der Waals surface area contributed by atoms with Crippen molar-refractivity contribution < 1.29 is 4.74 Å². The summed E-state index contributed by atoms with van der Waals surface area (Å²) >= 11 is 3.43. The first-order valence-corrected chi connectivity index (χ1v) is 5.34. The van der Waals surface area contributed by atoms with Crippen LogP contribution in [0.15, 0.2) is 22.9 Å². The van der Waals surface area contributed by atoms with Gasteiger partial charge in [-0.05, 0) is 27.6 Å². The largest absolute Gasteiger partial charge is 0.380 e. The number of ether oxygens (including phenoxy) is 1. The van der Waals surface area contributed by atoms with Crippen LogP contribution in [0.4, 0.5) is 0 Å². The Morgan fingerprint density at radius 3 is 3.07 bits per heavy atom. The van der Waals surface area contributed by atoms with Gasteiger partial charge in [-0.1, -0.05) is 0 Å². The number of nitrogens with zero attached hydrogens (tertiary/aromatic N) is 1. The molecule has 1 saturated heterocycles. The molecule has 0 radical (unpaired) electrons. The second kappa shape index (κ2) is 3.07. The van der Waals surface area contributed by atoms with Crippen molar-refractivity contribution in [1.82, 2.24) is 9.97 Å². The average molecular weight is 253 g/mol. The summed E-state index contributed by atoms with van der Waals surface area (Å²) in [7, 11) is 0. The van der Waals surface area contributed by atoms with Crippen molar-refractivity contribution in [1.29, 1.82) is 0 Å². The van der Waals surface area contributed by atoms with Crippen molar-refractivity contribution in [3.8, 4) is 0 Å². The molecule has 1 fully saturated rings. The Morgan fingerprint density at radius 2 is 2.36 bits per heavy atom. The lowest BCUT2D eigenvalue weighted by atomic mass is 9.98.